The Labute approximate surface area is 116 Å². The normalized spacial score (nSPS) is 10.9. The van der Waals surface area contributed by atoms with E-state index in [2.05, 4.69) is 38.2 Å². The molecular weight excluding hydrogens is 236 g/mol. The van der Waals surface area contributed by atoms with Crippen LogP contribution in [-0.2, 0) is 4.79 Å². The van der Waals surface area contributed by atoms with Gasteiger partial charge < -0.3 is 10.2 Å². The Morgan fingerprint density at radius 3 is 2.05 bits per heavy atom. The zero-order valence-corrected chi connectivity index (χ0v) is 11.6. The smallest absolute Gasteiger partial charge is 0.224 e. The minimum absolute atomic E-state index is 0.0693. The van der Waals surface area contributed by atoms with E-state index in [1.807, 2.05) is 4.90 Å². The zero-order valence-electron chi connectivity index (χ0n) is 11.6. The molecule has 3 nitrogen and oxygen atoms in total. The molecular formula is C16H24N2O. The molecule has 19 heavy (non-hydrogen) atoms. The van der Waals surface area contributed by atoms with Gasteiger partial charge in [0.05, 0.1) is 6.04 Å². The lowest BCUT2D eigenvalue weighted by Crippen LogP contribution is -2.41. The van der Waals surface area contributed by atoms with Crippen molar-refractivity contribution in [2.75, 3.05) is 13.1 Å². The van der Waals surface area contributed by atoms with Crippen molar-refractivity contribution in [2.45, 2.75) is 18.9 Å². The molecule has 0 aliphatic carbocycles. The molecule has 0 heterocycles. The summed E-state index contributed by atoms with van der Waals surface area (Å²) in [7, 11) is 0. The molecule has 104 valence electrons. The first kappa shape index (κ1) is 17.0. The van der Waals surface area contributed by atoms with Crippen LogP contribution in [-0.4, -0.2) is 29.9 Å². The highest BCUT2D eigenvalue weighted by Gasteiger charge is 2.17. The fourth-order valence-corrected chi connectivity index (χ4v) is 1.67. The van der Waals surface area contributed by atoms with Crippen LogP contribution in [0.25, 0.3) is 0 Å². The zero-order chi connectivity index (χ0) is 14.7. The summed E-state index contributed by atoms with van der Waals surface area (Å²) >= 11 is 0. The van der Waals surface area contributed by atoms with Crippen molar-refractivity contribution in [3.8, 4) is 0 Å². The Kier molecular flexibility index (Phi) is 8.88. The molecule has 0 aromatic carbocycles. The van der Waals surface area contributed by atoms with Crippen molar-refractivity contribution < 1.29 is 4.79 Å². The molecule has 1 unspecified atom stereocenters. The Morgan fingerprint density at radius 2 is 1.63 bits per heavy atom. The third-order valence-electron chi connectivity index (χ3n) is 2.57. The average Bonchev–Trinajstić information content (AvgIpc) is 2.37. The van der Waals surface area contributed by atoms with Crippen molar-refractivity contribution in [1.29, 1.82) is 0 Å². The summed E-state index contributed by atoms with van der Waals surface area (Å²) in [4.78, 5) is 13.7. The molecule has 0 saturated heterocycles. The maximum absolute atomic E-state index is 11.7. The van der Waals surface area contributed by atoms with E-state index >= 15 is 0 Å². The molecule has 0 bridgehead atoms. The van der Waals surface area contributed by atoms with Gasteiger partial charge in [0.1, 0.15) is 0 Å². The first-order valence-corrected chi connectivity index (χ1v) is 6.27. The van der Waals surface area contributed by atoms with E-state index in [1.54, 1.807) is 24.3 Å². The minimum atomic E-state index is -0.162. The van der Waals surface area contributed by atoms with Crippen LogP contribution in [0.2, 0.25) is 0 Å². The molecule has 0 rings (SSSR count). The highest BCUT2D eigenvalue weighted by Crippen LogP contribution is 2.11. The van der Waals surface area contributed by atoms with Gasteiger partial charge in [-0.05, 0) is 6.42 Å². The van der Waals surface area contributed by atoms with Crippen molar-refractivity contribution in [1.82, 2.24) is 10.2 Å². The Morgan fingerprint density at radius 1 is 1.05 bits per heavy atom. The third kappa shape index (κ3) is 6.46. The highest BCUT2D eigenvalue weighted by atomic mass is 16.1. The SMILES string of the molecule is C=CCC(=O)NC(CC=C)C(=C)N(CC=C)CC=C. The molecule has 0 aliphatic rings. The minimum Gasteiger partial charge on any atom is -0.366 e. The van der Waals surface area contributed by atoms with Gasteiger partial charge in [-0.15, -0.1) is 26.3 Å². The molecule has 0 saturated carbocycles. The molecule has 0 radical (unpaired) electrons. The van der Waals surface area contributed by atoms with Gasteiger partial charge in [0.2, 0.25) is 5.91 Å². The standard InChI is InChI=1S/C16H24N2O/c1-6-10-15(17-16(19)11-7-2)14(5)18(12-8-3)13-9-4/h6-9,15H,1-5,10-13H2,(H,17,19). The molecule has 1 atom stereocenters. The lowest BCUT2D eigenvalue weighted by atomic mass is 10.1. The first-order chi connectivity index (χ1) is 9.10. The van der Waals surface area contributed by atoms with Gasteiger partial charge in [-0.3, -0.25) is 4.79 Å². The van der Waals surface area contributed by atoms with E-state index in [4.69, 9.17) is 0 Å². The van der Waals surface area contributed by atoms with Crippen LogP contribution >= 0.6 is 0 Å². The number of hydrogen-bond donors (Lipinski definition) is 1. The Hall–Kier alpha value is -2.03. The Balaban J connectivity index is 4.81. The second-order valence-corrected chi connectivity index (χ2v) is 4.11. The van der Waals surface area contributed by atoms with Crippen LogP contribution in [0, 0.1) is 0 Å². The van der Waals surface area contributed by atoms with Gasteiger partial charge >= 0.3 is 0 Å². The van der Waals surface area contributed by atoms with Gasteiger partial charge in [-0.1, -0.05) is 30.9 Å². The number of amides is 1. The molecule has 0 aromatic rings. The number of rotatable bonds is 11. The summed E-state index contributed by atoms with van der Waals surface area (Å²) in [5.74, 6) is -0.0693. The maximum Gasteiger partial charge on any atom is 0.224 e. The molecule has 0 aromatic heterocycles. The summed E-state index contributed by atoms with van der Waals surface area (Å²) < 4.78 is 0. The monoisotopic (exact) mass is 260 g/mol. The number of nitrogens with zero attached hydrogens (tertiary/aromatic N) is 1. The van der Waals surface area contributed by atoms with E-state index in [0.29, 0.717) is 25.9 Å². The third-order valence-corrected chi connectivity index (χ3v) is 2.57. The van der Waals surface area contributed by atoms with Crippen molar-refractivity contribution in [2.24, 2.45) is 0 Å². The summed E-state index contributed by atoms with van der Waals surface area (Å²) in [6.07, 6.45) is 7.87. The summed E-state index contributed by atoms with van der Waals surface area (Å²) in [6, 6.07) is -0.162. The van der Waals surface area contributed by atoms with Crippen LogP contribution in [0.3, 0.4) is 0 Å². The Bertz CT molecular complexity index is 348. The molecule has 3 heteroatoms. The van der Waals surface area contributed by atoms with E-state index in [-0.39, 0.29) is 11.9 Å². The molecule has 0 spiro atoms. The summed E-state index contributed by atoms with van der Waals surface area (Å²) in [6.45, 7) is 20.1. The fourth-order valence-electron chi connectivity index (χ4n) is 1.67. The van der Waals surface area contributed by atoms with E-state index in [1.165, 1.54) is 0 Å². The maximum atomic E-state index is 11.7. The highest BCUT2D eigenvalue weighted by molar-refractivity contribution is 5.78. The van der Waals surface area contributed by atoms with E-state index < -0.39 is 0 Å². The lowest BCUT2D eigenvalue weighted by Gasteiger charge is -2.30. The second-order valence-electron chi connectivity index (χ2n) is 4.11. The van der Waals surface area contributed by atoms with Crippen LogP contribution in [0.5, 0.6) is 0 Å². The molecule has 0 fully saturated rings. The number of carbonyl (C=O) groups is 1. The van der Waals surface area contributed by atoms with Gasteiger partial charge in [0.25, 0.3) is 0 Å². The topological polar surface area (TPSA) is 32.3 Å². The number of hydrogen-bond acceptors (Lipinski definition) is 2. The summed E-state index contributed by atoms with van der Waals surface area (Å²) in [5.41, 5.74) is 0.831. The van der Waals surface area contributed by atoms with Gasteiger partial charge in [0, 0.05) is 25.2 Å². The fraction of sp³-hybridized carbons (Fsp3) is 0.312. The molecule has 1 amide bonds. The van der Waals surface area contributed by atoms with Crippen LogP contribution < -0.4 is 5.32 Å². The van der Waals surface area contributed by atoms with Gasteiger partial charge in [0.15, 0.2) is 0 Å². The van der Waals surface area contributed by atoms with Crippen LogP contribution in [0.1, 0.15) is 12.8 Å². The largest absolute Gasteiger partial charge is 0.366 e. The van der Waals surface area contributed by atoms with Crippen LogP contribution in [0.4, 0.5) is 0 Å². The predicted molar refractivity (Wildman–Crippen MR) is 82.7 cm³/mol. The van der Waals surface area contributed by atoms with Gasteiger partial charge in [-0.25, -0.2) is 0 Å². The predicted octanol–water partition coefficient (Wildman–Crippen LogP) is 2.81. The average molecular weight is 260 g/mol. The lowest BCUT2D eigenvalue weighted by molar-refractivity contribution is -0.120. The molecule has 0 aliphatic heterocycles. The second kappa shape index (κ2) is 9.95. The molecule has 1 N–H and O–H groups in total. The first-order valence-electron chi connectivity index (χ1n) is 6.27. The van der Waals surface area contributed by atoms with E-state index in [9.17, 15) is 4.79 Å². The van der Waals surface area contributed by atoms with Crippen molar-refractivity contribution >= 4 is 5.91 Å². The quantitative estimate of drug-likeness (QED) is 0.579. The van der Waals surface area contributed by atoms with Crippen LogP contribution in [0.15, 0.2) is 62.9 Å². The van der Waals surface area contributed by atoms with Crippen molar-refractivity contribution in [3.63, 3.8) is 0 Å². The van der Waals surface area contributed by atoms with Crippen molar-refractivity contribution in [3.05, 3.63) is 62.9 Å². The van der Waals surface area contributed by atoms with E-state index in [0.717, 1.165) is 5.70 Å². The number of nitrogens with one attached hydrogen (secondary N) is 1. The number of carbonyl (C=O) groups excluding carboxylic acids is 1. The summed E-state index contributed by atoms with van der Waals surface area (Å²) in [5, 5.41) is 2.92. The van der Waals surface area contributed by atoms with Gasteiger partial charge in [-0.2, -0.15) is 0 Å².